The first kappa shape index (κ1) is 15.3. The molecule has 120 valence electrons. The monoisotopic (exact) mass is 313 g/mol. The average Bonchev–Trinajstić information content (AvgIpc) is 3.20. The standard InChI is InChI=1S/C17H19N3O3/c1-4-12(17(21)22-3)20-13-9-7-6-8-11(13)10-14(20)16-19-18-15(5-2)23-16/h6-10,12H,4-5H2,1-3H3. The van der Waals surface area contributed by atoms with Crippen molar-refractivity contribution in [2.75, 3.05) is 7.11 Å². The molecule has 0 amide bonds. The van der Waals surface area contributed by atoms with Gasteiger partial charge in [0.05, 0.1) is 7.11 Å². The summed E-state index contributed by atoms with van der Waals surface area (Å²) in [5.41, 5.74) is 1.67. The van der Waals surface area contributed by atoms with Gasteiger partial charge in [-0.3, -0.25) is 0 Å². The first-order valence-corrected chi connectivity index (χ1v) is 7.70. The van der Waals surface area contributed by atoms with E-state index in [0.717, 1.165) is 16.6 Å². The topological polar surface area (TPSA) is 70.2 Å². The molecule has 1 aromatic carbocycles. The van der Waals surface area contributed by atoms with Crippen LogP contribution in [0.15, 0.2) is 34.7 Å². The minimum Gasteiger partial charge on any atom is -0.467 e. The fourth-order valence-corrected chi connectivity index (χ4v) is 2.77. The fourth-order valence-electron chi connectivity index (χ4n) is 2.77. The van der Waals surface area contributed by atoms with Crippen LogP contribution in [0.5, 0.6) is 0 Å². The van der Waals surface area contributed by atoms with Crippen LogP contribution in [0, 0.1) is 0 Å². The quantitative estimate of drug-likeness (QED) is 0.675. The third kappa shape index (κ3) is 2.60. The zero-order valence-corrected chi connectivity index (χ0v) is 13.4. The van der Waals surface area contributed by atoms with E-state index in [1.165, 1.54) is 7.11 Å². The average molecular weight is 313 g/mol. The largest absolute Gasteiger partial charge is 0.467 e. The van der Waals surface area contributed by atoms with Gasteiger partial charge < -0.3 is 13.7 Å². The van der Waals surface area contributed by atoms with Crippen LogP contribution in [0.25, 0.3) is 22.5 Å². The molecule has 0 bridgehead atoms. The summed E-state index contributed by atoms with van der Waals surface area (Å²) >= 11 is 0. The molecule has 3 aromatic rings. The van der Waals surface area contributed by atoms with E-state index < -0.39 is 6.04 Å². The van der Waals surface area contributed by atoms with Crippen LogP contribution >= 0.6 is 0 Å². The van der Waals surface area contributed by atoms with E-state index in [0.29, 0.717) is 24.6 Å². The third-order valence-electron chi connectivity index (χ3n) is 3.91. The van der Waals surface area contributed by atoms with Crippen LogP contribution in [0.2, 0.25) is 0 Å². The van der Waals surface area contributed by atoms with E-state index in [-0.39, 0.29) is 5.97 Å². The smallest absolute Gasteiger partial charge is 0.328 e. The summed E-state index contributed by atoms with van der Waals surface area (Å²) in [6.45, 7) is 3.90. The predicted octanol–water partition coefficient (Wildman–Crippen LogP) is 3.38. The lowest BCUT2D eigenvalue weighted by Crippen LogP contribution is -2.20. The Morgan fingerprint density at radius 1 is 1.30 bits per heavy atom. The number of aryl methyl sites for hydroxylation is 1. The van der Waals surface area contributed by atoms with E-state index in [4.69, 9.17) is 9.15 Å². The van der Waals surface area contributed by atoms with Crippen molar-refractivity contribution in [3.63, 3.8) is 0 Å². The number of carbonyl (C=O) groups excluding carboxylic acids is 1. The molecule has 0 aliphatic carbocycles. The third-order valence-corrected chi connectivity index (χ3v) is 3.91. The summed E-state index contributed by atoms with van der Waals surface area (Å²) in [6.07, 6.45) is 1.27. The molecule has 0 radical (unpaired) electrons. The minimum atomic E-state index is -0.438. The number of carbonyl (C=O) groups is 1. The maximum Gasteiger partial charge on any atom is 0.328 e. The second-order valence-corrected chi connectivity index (χ2v) is 5.26. The minimum absolute atomic E-state index is 0.287. The molecule has 1 unspecified atom stereocenters. The van der Waals surface area contributed by atoms with E-state index in [1.807, 2.05) is 48.7 Å². The van der Waals surface area contributed by atoms with Crippen LogP contribution in [0.1, 0.15) is 32.2 Å². The molecule has 3 rings (SSSR count). The second-order valence-electron chi connectivity index (χ2n) is 5.26. The summed E-state index contributed by atoms with van der Waals surface area (Å²) in [5.74, 6) is 0.702. The molecular weight excluding hydrogens is 294 g/mol. The van der Waals surface area contributed by atoms with Gasteiger partial charge >= 0.3 is 5.97 Å². The van der Waals surface area contributed by atoms with Crippen LogP contribution < -0.4 is 0 Å². The number of para-hydroxylation sites is 1. The lowest BCUT2D eigenvalue weighted by Gasteiger charge is -2.18. The number of aromatic nitrogens is 3. The zero-order chi connectivity index (χ0) is 16.4. The maximum absolute atomic E-state index is 12.2. The summed E-state index contributed by atoms with van der Waals surface area (Å²) in [5, 5.41) is 9.17. The van der Waals surface area contributed by atoms with Gasteiger partial charge in [0.2, 0.25) is 5.89 Å². The van der Waals surface area contributed by atoms with Crippen LogP contribution in [0.4, 0.5) is 0 Å². The summed E-state index contributed by atoms with van der Waals surface area (Å²) < 4.78 is 12.6. The Morgan fingerprint density at radius 2 is 2.09 bits per heavy atom. The summed E-state index contributed by atoms with van der Waals surface area (Å²) in [6, 6.07) is 9.40. The first-order chi connectivity index (χ1) is 11.2. The van der Waals surface area contributed by atoms with Crippen molar-refractivity contribution < 1.29 is 13.9 Å². The molecule has 23 heavy (non-hydrogen) atoms. The van der Waals surface area contributed by atoms with Gasteiger partial charge in [0, 0.05) is 17.3 Å². The molecule has 0 saturated heterocycles. The van der Waals surface area contributed by atoms with Crippen molar-refractivity contribution in [3.05, 3.63) is 36.2 Å². The highest BCUT2D eigenvalue weighted by Crippen LogP contribution is 2.32. The molecular formula is C17H19N3O3. The van der Waals surface area contributed by atoms with Crippen molar-refractivity contribution in [2.45, 2.75) is 32.7 Å². The van der Waals surface area contributed by atoms with Crippen LogP contribution in [0.3, 0.4) is 0 Å². The van der Waals surface area contributed by atoms with Crippen molar-refractivity contribution in [1.82, 2.24) is 14.8 Å². The van der Waals surface area contributed by atoms with Gasteiger partial charge in [0.25, 0.3) is 5.89 Å². The number of hydrogen-bond acceptors (Lipinski definition) is 5. The second kappa shape index (κ2) is 6.24. The molecule has 6 nitrogen and oxygen atoms in total. The van der Waals surface area contributed by atoms with Crippen molar-refractivity contribution in [2.24, 2.45) is 0 Å². The maximum atomic E-state index is 12.2. The van der Waals surface area contributed by atoms with Gasteiger partial charge in [0.15, 0.2) is 0 Å². The number of esters is 1. The molecule has 1 atom stereocenters. The molecule has 0 fully saturated rings. The number of ether oxygens (including phenoxy) is 1. The summed E-state index contributed by atoms with van der Waals surface area (Å²) in [7, 11) is 1.40. The van der Waals surface area contributed by atoms with Crippen LogP contribution in [-0.2, 0) is 16.0 Å². The molecule has 0 saturated carbocycles. The lowest BCUT2D eigenvalue weighted by molar-refractivity contribution is -0.144. The Kier molecular flexibility index (Phi) is 4.14. The highest BCUT2D eigenvalue weighted by molar-refractivity contribution is 5.88. The Morgan fingerprint density at radius 3 is 2.74 bits per heavy atom. The molecule has 0 N–H and O–H groups in total. The molecule has 6 heteroatoms. The lowest BCUT2D eigenvalue weighted by atomic mass is 10.2. The first-order valence-electron chi connectivity index (χ1n) is 7.70. The zero-order valence-electron chi connectivity index (χ0n) is 13.4. The highest BCUT2D eigenvalue weighted by Gasteiger charge is 2.26. The molecule has 2 heterocycles. The van der Waals surface area contributed by atoms with Crippen molar-refractivity contribution in [3.8, 4) is 11.6 Å². The fraction of sp³-hybridized carbons (Fsp3) is 0.353. The van der Waals surface area contributed by atoms with E-state index >= 15 is 0 Å². The van der Waals surface area contributed by atoms with E-state index in [1.54, 1.807) is 0 Å². The SMILES string of the molecule is CCc1nnc(-c2cc3ccccc3n2C(CC)C(=O)OC)o1. The van der Waals surface area contributed by atoms with Gasteiger partial charge in [0.1, 0.15) is 11.7 Å². The van der Waals surface area contributed by atoms with E-state index in [2.05, 4.69) is 10.2 Å². The van der Waals surface area contributed by atoms with Crippen LogP contribution in [-0.4, -0.2) is 27.8 Å². The number of rotatable bonds is 5. The Balaban J connectivity index is 2.24. The van der Waals surface area contributed by atoms with Gasteiger partial charge in [-0.05, 0) is 18.6 Å². The Bertz CT molecular complexity index is 835. The van der Waals surface area contributed by atoms with E-state index in [9.17, 15) is 4.79 Å². The molecule has 0 aliphatic rings. The Labute approximate surface area is 134 Å². The molecule has 2 aromatic heterocycles. The van der Waals surface area contributed by atoms with Gasteiger partial charge in [-0.25, -0.2) is 4.79 Å². The van der Waals surface area contributed by atoms with Crippen molar-refractivity contribution in [1.29, 1.82) is 0 Å². The highest BCUT2D eigenvalue weighted by atomic mass is 16.5. The van der Waals surface area contributed by atoms with Gasteiger partial charge in [-0.1, -0.05) is 32.0 Å². The molecule has 0 aliphatic heterocycles. The normalized spacial score (nSPS) is 12.5. The number of methoxy groups -OCH3 is 1. The number of hydrogen-bond donors (Lipinski definition) is 0. The Hall–Kier alpha value is -2.63. The van der Waals surface area contributed by atoms with Gasteiger partial charge in [-0.2, -0.15) is 0 Å². The van der Waals surface area contributed by atoms with Crippen molar-refractivity contribution >= 4 is 16.9 Å². The number of nitrogens with zero attached hydrogens (tertiary/aromatic N) is 3. The molecule has 0 spiro atoms. The number of benzene rings is 1. The van der Waals surface area contributed by atoms with Gasteiger partial charge in [-0.15, -0.1) is 10.2 Å². The number of fused-ring (bicyclic) bond motifs is 1. The predicted molar refractivity (Wildman–Crippen MR) is 86.0 cm³/mol. The summed E-state index contributed by atoms with van der Waals surface area (Å²) in [4.78, 5) is 12.2.